The van der Waals surface area contributed by atoms with Crippen LogP contribution in [0.15, 0.2) is 18.2 Å². The summed E-state index contributed by atoms with van der Waals surface area (Å²) in [5.74, 6) is 0.592. The molecule has 1 aliphatic carbocycles. The van der Waals surface area contributed by atoms with Crippen molar-refractivity contribution in [2.75, 3.05) is 12.3 Å². The molecule has 2 rings (SSSR count). The summed E-state index contributed by atoms with van der Waals surface area (Å²) in [7, 11) is 0. The molecule has 0 heterocycles. The minimum atomic E-state index is -0.0211. The molecule has 1 fully saturated rings. The van der Waals surface area contributed by atoms with Gasteiger partial charge in [0.05, 0.1) is 12.3 Å². The van der Waals surface area contributed by atoms with Crippen molar-refractivity contribution < 1.29 is 9.53 Å². The molecule has 0 spiro atoms. The van der Waals surface area contributed by atoms with Crippen molar-refractivity contribution >= 4 is 11.6 Å². The largest absolute Gasteiger partial charge is 0.491 e. The summed E-state index contributed by atoms with van der Waals surface area (Å²) in [6.07, 6.45) is 9.20. The van der Waals surface area contributed by atoms with Gasteiger partial charge in [-0.3, -0.25) is 4.79 Å². The first-order valence-corrected chi connectivity index (χ1v) is 8.54. The second-order valence-corrected chi connectivity index (χ2v) is 6.12. The highest BCUT2D eigenvalue weighted by molar-refractivity contribution is 5.95. The molecule has 0 saturated heterocycles. The van der Waals surface area contributed by atoms with Crippen LogP contribution in [-0.2, 0) is 0 Å². The molecule has 0 radical (unpaired) electrons. The predicted octanol–water partition coefficient (Wildman–Crippen LogP) is 3.90. The van der Waals surface area contributed by atoms with Crippen LogP contribution in [0.25, 0.3) is 0 Å². The summed E-state index contributed by atoms with van der Waals surface area (Å²) in [6, 6.07) is 5.59. The van der Waals surface area contributed by atoms with E-state index in [-0.39, 0.29) is 5.91 Å². The van der Waals surface area contributed by atoms with Crippen molar-refractivity contribution in [1.82, 2.24) is 5.32 Å². The molecule has 0 aromatic heterocycles. The molecule has 1 amide bonds. The molecule has 1 saturated carbocycles. The van der Waals surface area contributed by atoms with Gasteiger partial charge in [0.15, 0.2) is 0 Å². The molecular weight excluding hydrogens is 276 g/mol. The Kier molecular flexibility index (Phi) is 6.56. The number of amides is 1. The Bertz CT molecular complexity index is 480. The first-order chi connectivity index (χ1) is 10.7. The Labute approximate surface area is 133 Å². The zero-order valence-electron chi connectivity index (χ0n) is 13.6. The number of anilines is 1. The second-order valence-electron chi connectivity index (χ2n) is 6.12. The van der Waals surface area contributed by atoms with Gasteiger partial charge in [-0.05, 0) is 37.5 Å². The average Bonchev–Trinajstić information content (AvgIpc) is 2.78. The first kappa shape index (κ1) is 16.7. The van der Waals surface area contributed by atoms with E-state index in [1.54, 1.807) is 18.2 Å². The smallest absolute Gasteiger partial charge is 0.251 e. The number of rotatable bonds is 6. The lowest BCUT2D eigenvalue weighted by Gasteiger charge is -2.17. The Morgan fingerprint density at radius 3 is 2.68 bits per heavy atom. The van der Waals surface area contributed by atoms with Crippen molar-refractivity contribution in [1.29, 1.82) is 0 Å². The number of nitrogens with two attached hydrogens (primary N) is 1. The number of nitrogens with one attached hydrogen (secondary N) is 1. The molecule has 1 aromatic carbocycles. The first-order valence-electron chi connectivity index (χ1n) is 8.54. The van der Waals surface area contributed by atoms with Crippen LogP contribution in [0, 0.1) is 0 Å². The van der Waals surface area contributed by atoms with Crippen LogP contribution >= 0.6 is 0 Å². The SMILES string of the molecule is CCCCOc1cc(C(=O)NC2CCCCCC2)ccc1N. The van der Waals surface area contributed by atoms with Crippen LogP contribution in [0.5, 0.6) is 5.75 Å². The van der Waals surface area contributed by atoms with Gasteiger partial charge in [0.25, 0.3) is 5.91 Å². The highest BCUT2D eigenvalue weighted by Gasteiger charge is 2.16. The molecule has 0 atom stereocenters. The third kappa shape index (κ3) is 4.93. The molecule has 1 aromatic rings. The van der Waals surface area contributed by atoms with Crippen molar-refractivity contribution in [3.8, 4) is 5.75 Å². The molecule has 4 heteroatoms. The number of hydrogen-bond donors (Lipinski definition) is 2. The number of unbranched alkanes of at least 4 members (excludes halogenated alkanes) is 1. The predicted molar refractivity (Wildman–Crippen MR) is 90.2 cm³/mol. The lowest BCUT2D eigenvalue weighted by atomic mass is 10.1. The van der Waals surface area contributed by atoms with Crippen molar-refractivity contribution in [2.24, 2.45) is 0 Å². The van der Waals surface area contributed by atoms with E-state index in [4.69, 9.17) is 10.5 Å². The number of benzene rings is 1. The van der Waals surface area contributed by atoms with Gasteiger partial charge >= 0.3 is 0 Å². The zero-order chi connectivity index (χ0) is 15.8. The van der Waals surface area contributed by atoms with Crippen molar-refractivity contribution in [3.63, 3.8) is 0 Å². The van der Waals surface area contributed by atoms with E-state index in [1.165, 1.54) is 25.7 Å². The van der Waals surface area contributed by atoms with Crippen LogP contribution in [0.2, 0.25) is 0 Å². The van der Waals surface area contributed by atoms with Gasteiger partial charge in [-0.1, -0.05) is 39.0 Å². The van der Waals surface area contributed by atoms with Gasteiger partial charge < -0.3 is 15.8 Å². The lowest BCUT2D eigenvalue weighted by Crippen LogP contribution is -2.34. The van der Waals surface area contributed by atoms with Crippen molar-refractivity contribution in [2.45, 2.75) is 64.3 Å². The Morgan fingerprint density at radius 1 is 1.27 bits per heavy atom. The maximum atomic E-state index is 12.4. The molecular formula is C18H28N2O2. The minimum Gasteiger partial charge on any atom is -0.491 e. The summed E-state index contributed by atoms with van der Waals surface area (Å²) < 4.78 is 5.67. The lowest BCUT2D eigenvalue weighted by molar-refractivity contribution is 0.0933. The zero-order valence-corrected chi connectivity index (χ0v) is 13.6. The Hall–Kier alpha value is -1.71. The molecule has 0 unspecified atom stereocenters. The normalized spacial score (nSPS) is 16.0. The van der Waals surface area contributed by atoms with E-state index in [0.29, 0.717) is 29.6 Å². The Morgan fingerprint density at radius 2 is 2.00 bits per heavy atom. The van der Waals surface area contributed by atoms with E-state index < -0.39 is 0 Å². The van der Waals surface area contributed by atoms with Gasteiger partial charge in [0.1, 0.15) is 5.75 Å². The highest BCUT2D eigenvalue weighted by atomic mass is 16.5. The van der Waals surface area contributed by atoms with E-state index in [0.717, 1.165) is 25.7 Å². The topological polar surface area (TPSA) is 64.3 Å². The average molecular weight is 304 g/mol. The number of hydrogen-bond acceptors (Lipinski definition) is 3. The minimum absolute atomic E-state index is 0.0211. The van der Waals surface area contributed by atoms with Gasteiger partial charge in [0.2, 0.25) is 0 Å². The molecule has 22 heavy (non-hydrogen) atoms. The van der Waals surface area contributed by atoms with Crippen molar-refractivity contribution in [3.05, 3.63) is 23.8 Å². The molecule has 122 valence electrons. The van der Waals surface area contributed by atoms with E-state index >= 15 is 0 Å². The fourth-order valence-corrected chi connectivity index (χ4v) is 2.82. The highest BCUT2D eigenvalue weighted by Crippen LogP contribution is 2.24. The van der Waals surface area contributed by atoms with E-state index in [9.17, 15) is 4.79 Å². The third-order valence-corrected chi connectivity index (χ3v) is 4.22. The van der Waals surface area contributed by atoms with Gasteiger partial charge in [-0.15, -0.1) is 0 Å². The van der Waals surface area contributed by atoms with Crippen LogP contribution in [0.4, 0.5) is 5.69 Å². The number of nitrogen functional groups attached to an aromatic ring is 1. The standard InChI is InChI=1S/C18H28N2O2/c1-2-3-12-22-17-13-14(10-11-16(17)19)18(21)20-15-8-6-4-5-7-9-15/h10-11,13,15H,2-9,12,19H2,1H3,(H,20,21). The van der Waals surface area contributed by atoms with Crippen LogP contribution in [0.3, 0.4) is 0 Å². The fourth-order valence-electron chi connectivity index (χ4n) is 2.82. The molecule has 3 N–H and O–H groups in total. The number of ether oxygens (including phenoxy) is 1. The summed E-state index contributed by atoms with van der Waals surface area (Å²) in [5, 5.41) is 3.15. The summed E-state index contributed by atoms with van der Waals surface area (Å²) in [5.41, 5.74) is 7.13. The van der Waals surface area contributed by atoms with Gasteiger partial charge in [0, 0.05) is 11.6 Å². The van der Waals surface area contributed by atoms with Gasteiger partial charge in [-0.25, -0.2) is 0 Å². The molecule has 1 aliphatic rings. The monoisotopic (exact) mass is 304 g/mol. The maximum absolute atomic E-state index is 12.4. The summed E-state index contributed by atoms with van der Waals surface area (Å²) in [4.78, 5) is 12.4. The third-order valence-electron chi connectivity index (χ3n) is 4.22. The Balaban J connectivity index is 1.97. The summed E-state index contributed by atoms with van der Waals surface area (Å²) in [6.45, 7) is 2.75. The van der Waals surface area contributed by atoms with Crippen LogP contribution in [-0.4, -0.2) is 18.6 Å². The quantitative estimate of drug-likeness (QED) is 0.476. The molecule has 0 bridgehead atoms. The number of carbonyl (C=O) groups is 1. The number of carbonyl (C=O) groups excluding carboxylic acids is 1. The van der Waals surface area contributed by atoms with Gasteiger partial charge in [-0.2, -0.15) is 0 Å². The molecule has 0 aliphatic heterocycles. The van der Waals surface area contributed by atoms with E-state index in [2.05, 4.69) is 12.2 Å². The second kappa shape index (κ2) is 8.66. The summed E-state index contributed by atoms with van der Waals surface area (Å²) >= 11 is 0. The van der Waals surface area contributed by atoms with E-state index in [1.807, 2.05) is 0 Å². The maximum Gasteiger partial charge on any atom is 0.251 e. The fraction of sp³-hybridized carbons (Fsp3) is 0.611. The van der Waals surface area contributed by atoms with Crippen LogP contribution < -0.4 is 15.8 Å². The van der Waals surface area contributed by atoms with Crippen LogP contribution in [0.1, 0.15) is 68.6 Å². The molecule has 4 nitrogen and oxygen atoms in total.